The number of aromatic nitrogens is 2. The van der Waals surface area contributed by atoms with Crippen molar-refractivity contribution in [1.82, 2.24) is 14.9 Å². The van der Waals surface area contributed by atoms with Crippen LogP contribution in [0.25, 0.3) is 6.08 Å². The van der Waals surface area contributed by atoms with E-state index in [0.29, 0.717) is 11.4 Å². The van der Waals surface area contributed by atoms with E-state index in [9.17, 15) is 9.59 Å². The van der Waals surface area contributed by atoms with Crippen molar-refractivity contribution in [2.75, 3.05) is 13.7 Å². The number of methoxy groups -OCH3 is 1. The summed E-state index contributed by atoms with van der Waals surface area (Å²) in [6.45, 7) is 4.04. The number of hydrogen-bond acceptors (Lipinski definition) is 6. The molecule has 2 heterocycles. The second-order valence-electron chi connectivity index (χ2n) is 8.75. The number of dihydropyridines is 1. The van der Waals surface area contributed by atoms with E-state index in [1.165, 1.54) is 19.2 Å². The summed E-state index contributed by atoms with van der Waals surface area (Å²) in [5.74, 6) is -3.14. The van der Waals surface area contributed by atoms with Crippen molar-refractivity contribution in [1.29, 1.82) is 0 Å². The van der Waals surface area contributed by atoms with E-state index in [-0.39, 0.29) is 28.3 Å². The van der Waals surface area contributed by atoms with E-state index in [4.69, 9.17) is 21.1 Å². The molecule has 0 saturated heterocycles. The molecule has 3 aromatic rings. The van der Waals surface area contributed by atoms with Gasteiger partial charge in [-0.25, -0.2) is 19.0 Å². The van der Waals surface area contributed by atoms with Crippen LogP contribution in [0.15, 0.2) is 89.8 Å². The van der Waals surface area contributed by atoms with Crippen molar-refractivity contribution in [3.8, 4) is 0 Å². The molecule has 1 unspecified atom stereocenters. The predicted molar refractivity (Wildman–Crippen MR) is 142 cm³/mol. The molecule has 2 aromatic carbocycles. The van der Waals surface area contributed by atoms with Gasteiger partial charge < -0.3 is 19.4 Å². The van der Waals surface area contributed by atoms with Gasteiger partial charge in [-0.2, -0.15) is 0 Å². The second kappa shape index (κ2) is 11.9. The first kappa shape index (κ1) is 26.9. The number of imidazole rings is 1. The minimum absolute atomic E-state index is 0.0204. The van der Waals surface area contributed by atoms with Crippen LogP contribution in [0.4, 0.5) is 4.39 Å². The molecule has 0 bridgehead atoms. The lowest BCUT2D eigenvalue weighted by Crippen LogP contribution is -2.32. The van der Waals surface area contributed by atoms with Crippen molar-refractivity contribution in [3.63, 3.8) is 0 Å². The summed E-state index contributed by atoms with van der Waals surface area (Å²) >= 11 is 6.03. The molecule has 1 aromatic heterocycles. The highest BCUT2D eigenvalue weighted by atomic mass is 35.5. The highest BCUT2D eigenvalue weighted by Gasteiger charge is 2.39. The number of carbonyl (C=O) groups excluding carboxylic acids is 2. The lowest BCUT2D eigenvalue weighted by molar-refractivity contribution is -0.138. The van der Waals surface area contributed by atoms with Crippen molar-refractivity contribution >= 4 is 29.6 Å². The Morgan fingerprint density at radius 3 is 2.47 bits per heavy atom. The molecule has 1 atom stereocenters. The SMILES string of the molecule is COC(=O)C1=C(C)NC(C)=C(C(=O)OC/C=C/c2ccc(Cn3ccnc3)cc2)C1c1cccc(Cl)c1F. The molecule has 1 aliphatic rings. The highest BCUT2D eigenvalue weighted by Crippen LogP contribution is 2.41. The van der Waals surface area contributed by atoms with Crippen LogP contribution in [0, 0.1) is 5.82 Å². The lowest BCUT2D eigenvalue weighted by atomic mass is 9.80. The Bertz CT molecular complexity index is 1430. The molecule has 4 rings (SSSR count). The Kier molecular flexibility index (Phi) is 8.43. The van der Waals surface area contributed by atoms with Crippen LogP contribution in [0.3, 0.4) is 0 Å². The minimum Gasteiger partial charge on any atom is -0.466 e. The second-order valence-corrected chi connectivity index (χ2v) is 9.15. The Hall–Kier alpha value is -4.17. The molecule has 1 N–H and O–H groups in total. The third kappa shape index (κ3) is 5.86. The molecule has 0 spiro atoms. The third-order valence-electron chi connectivity index (χ3n) is 6.20. The number of nitrogens with one attached hydrogen (secondary N) is 1. The minimum atomic E-state index is -1.05. The third-order valence-corrected chi connectivity index (χ3v) is 6.49. The Morgan fingerprint density at radius 2 is 1.82 bits per heavy atom. The molecular weight excluding hydrogens is 509 g/mol. The van der Waals surface area contributed by atoms with Gasteiger partial charge in [0, 0.05) is 35.9 Å². The number of rotatable bonds is 8. The monoisotopic (exact) mass is 535 g/mol. The molecule has 0 aliphatic carbocycles. The van der Waals surface area contributed by atoms with E-state index in [0.717, 1.165) is 17.7 Å². The first-order valence-corrected chi connectivity index (χ1v) is 12.3. The van der Waals surface area contributed by atoms with Gasteiger partial charge in [-0.15, -0.1) is 0 Å². The molecule has 38 heavy (non-hydrogen) atoms. The van der Waals surface area contributed by atoms with Gasteiger partial charge >= 0.3 is 11.9 Å². The molecule has 0 radical (unpaired) electrons. The fourth-order valence-corrected chi connectivity index (χ4v) is 4.59. The topological polar surface area (TPSA) is 82.5 Å². The highest BCUT2D eigenvalue weighted by molar-refractivity contribution is 6.30. The molecule has 0 saturated carbocycles. The first-order chi connectivity index (χ1) is 18.3. The maximum absolute atomic E-state index is 15.1. The van der Waals surface area contributed by atoms with Crippen molar-refractivity contribution in [3.05, 3.63) is 117 Å². The Balaban J connectivity index is 1.51. The summed E-state index contributed by atoms with van der Waals surface area (Å²) in [6, 6.07) is 12.4. The molecule has 0 fully saturated rings. The molecule has 0 amide bonds. The van der Waals surface area contributed by atoms with Crippen molar-refractivity contribution < 1.29 is 23.5 Å². The average molecular weight is 536 g/mol. The van der Waals surface area contributed by atoms with Gasteiger partial charge in [0.1, 0.15) is 12.4 Å². The van der Waals surface area contributed by atoms with E-state index < -0.39 is 23.7 Å². The van der Waals surface area contributed by atoms with Gasteiger partial charge in [0.15, 0.2) is 0 Å². The van der Waals surface area contributed by atoms with Crippen LogP contribution < -0.4 is 5.32 Å². The summed E-state index contributed by atoms with van der Waals surface area (Å²) in [4.78, 5) is 30.0. The number of esters is 2. The molecule has 1 aliphatic heterocycles. The quantitative estimate of drug-likeness (QED) is 0.390. The molecule has 196 valence electrons. The van der Waals surface area contributed by atoms with Gasteiger partial charge in [0.2, 0.25) is 0 Å². The Labute approximate surface area is 225 Å². The fraction of sp³-hybridized carbons (Fsp3) is 0.207. The van der Waals surface area contributed by atoms with Crippen LogP contribution in [0.5, 0.6) is 0 Å². The summed E-state index contributed by atoms with van der Waals surface area (Å²) < 4.78 is 27.6. The van der Waals surface area contributed by atoms with Gasteiger partial charge in [-0.3, -0.25) is 0 Å². The number of benzene rings is 2. The average Bonchev–Trinajstić information content (AvgIpc) is 3.41. The normalized spacial score (nSPS) is 15.6. The van der Waals surface area contributed by atoms with Crippen LogP contribution >= 0.6 is 11.6 Å². The summed E-state index contributed by atoms with van der Waals surface area (Å²) in [5, 5.41) is 2.91. The number of hydrogen-bond donors (Lipinski definition) is 1. The van der Waals surface area contributed by atoms with E-state index >= 15 is 4.39 Å². The van der Waals surface area contributed by atoms with E-state index in [2.05, 4.69) is 10.3 Å². The largest absolute Gasteiger partial charge is 0.466 e. The van der Waals surface area contributed by atoms with Gasteiger partial charge in [0.05, 0.1) is 35.5 Å². The standard InChI is InChI=1S/C29H27ClFN3O4/c1-18-24(28(35)37-3)26(22-7-4-8-23(30)27(22)31)25(19(2)33-18)29(36)38-15-5-6-20-9-11-21(12-10-20)16-34-14-13-32-17-34/h4-14,17,26,33H,15-16H2,1-3H3/b6-5+. The van der Waals surface area contributed by atoms with Crippen molar-refractivity contribution in [2.24, 2.45) is 0 Å². The van der Waals surface area contributed by atoms with Crippen LogP contribution in [-0.4, -0.2) is 35.2 Å². The summed E-state index contributed by atoms with van der Waals surface area (Å²) in [6.07, 6.45) is 8.95. The van der Waals surface area contributed by atoms with Gasteiger partial charge in [0.25, 0.3) is 0 Å². The van der Waals surface area contributed by atoms with E-state index in [1.807, 2.05) is 41.1 Å². The van der Waals surface area contributed by atoms with E-state index in [1.54, 1.807) is 38.5 Å². The number of nitrogens with zero attached hydrogens (tertiary/aromatic N) is 2. The van der Waals surface area contributed by atoms with Crippen LogP contribution in [-0.2, 0) is 25.6 Å². The summed E-state index contributed by atoms with van der Waals surface area (Å²) in [5.41, 5.74) is 3.26. The zero-order valence-electron chi connectivity index (χ0n) is 21.2. The number of carbonyl (C=O) groups is 2. The number of allylic oxidation sites excluding steroid dienone is 2. The van der Waals surface area contributed by atoms with Gasteiger partial charge in [-0.1, -0.05) is 54.1 Å². The zero-order valence-corrected chi connectivity index (χ0v) is 22.0. The Morgan fingerprint density at radius 1 is 1.11 bits per heavy atom. The molecule has 7 nitrogen and oxygen atoms in total. The first-order valence-electron chi connectivity index (χ1n) is 11.9. The number of ether oxygens (including phenoxy) is 2. The van der Waals surface area contributed by atoms with Crippen LogP contribution in [0.1, 0.15) is 36.5 Å². The van der Waals surface area contributed by atoms with Crippen molar-refractivity contribution in [2.45, 2.75) is 26.3 Å². The maximum atomic E-state index is 15.1. The number of halogens is 2. The van der Waals surface area contributed by atoms with Gasteiger partial charge in [-0.05, 0) is 37.1 Å². The summed E-state index contributed by atoms with van der Waals surface area (Å²) in [7, 11) is 1.23. The fourth-order valence-electron chi connectivity index (χ4n) is 4.41. The zero-order chi connectivity index (χ0) is 27.2. The van der Waals surface area contributed by atoms with Crippen LogP contribution in [0.2, 0.25) is 5.02 Å². The smallest absolute Gasteiger partial charge is 0.337 e. The maximum Gasteiger partial charge on any atom is 0.337 e. The predicted octanol–water partition coefficient (Wildman–Crippen LogP) is 5.39. The molecular formula is C29H27ClFN3O4. The lowest BCUT2D eigenvalue weighted by Gasteiger charge is -2.30. The molecule has 9 heteroatoms.